The first-order valence-corrected chi connectivity index (χ1v) is 3.36. The zero-order valence-electron chi connectivity index (χ0n) is 6.64. The standard InChI is InChI=1S/C8H13NO/c1-7-5-4-6-8(2,9-7)10-3/h4-6,9H,1-3H3. The van der Waals surface area contributed by atoms with Crippen LogP contribution in [0.4, 0.5) is 0 Å². The van der Waals surface area contributed by atoms with Crippen LogP contribution in [-0.4, -0.2) is 12.8 Å². The predicted molar refractivity (Wildman–Crippen MR) is 41.4 cm³/mol. The Morgan fingerprint density at radius 1 is 1.60 bits per heavy atom. The maximum Gasteiger partial charge on any atom is 0.154 e. The van der Waals surface area contributed by atoms with E-state index in [1.54, 1.807) is 7.11 Å². The third-order valence-corrected chi connectivity index (χ3v) is 1.63. The number of dihydropyridines is 1. The lowest BCUT2D eigenvalue weighted by atomic mass is 10.1. The van der Waals surface area contributed by atoms with Crippen molar-refractivity contribution in [3.8, 4) is 0 Å². The fraction of sp³-hybridized carbons (Fsp3) is 0.500. The fourth-order valence-corrected chi connectivity index (χ4v) is 0.970. The summed E-state index contributed by atoms with van der Waals surface area (Å²) in [4.78, 5) is 0. The lowest BCUT2D eigenvalue weighted by molar-refractivity contribution is 0.0265. The molecule has 0 aliphatic carbocycles. The number of nitrogens with one attached hydrogen (secondary N) is 1. The van der Waals surface area contributed by atoms with E-state index in [9.17, 15) is 0 Å². The molecule has 1 unspecified atom stereocenters. The average Bonchev–Trinajstić information content (AvgIpc) is 1.88. The molecule has 0 aromatic heterocycles. The molecule has 1 aliphatic rings. The zero-order valence-corrected chi connectivity index (χ0v) is 6.64. The summed E-state index contributed by atoms with van der Waals surface area (Å²) in [6, 6.07) is 0. The Morgan fingerprint density at radius 2 is 2.30 bits per heavy atom. The first-order valence-electron chi connectivity index (χ1n) is 3.36. The third kappa shape index (κ3) is 1.39. The van der Waals surface area contributed by atoms with Crippen molar-refractivity contribution in [3.63, 3.8) is 0 Å². The molecule has 1 N–H and O–H groups in total. The molecule has 10 heavy (non-hydrogen) atoms. The highest BCUT2D eigenvalue weighted by Crippen LogP contribution is 2.13. The van der Waals surface area contributed by atoms with E-state index in [1.807, 2.05) is 32.1 Å². The molecule has 0 saturated heterocycles. The van der Waals surface area contributed by atoms with Crippen LogP contribution in [0, 0.1) is 0 Å². The predicted octanol–water partition coefficient (Wildman–Crippen LogP) is 1.41. The molecule has 0 aromatic rings. The second-order valence-electron chi connectivity index (χ2n) is 2.64. The number of hydrogen-bond acceptors (Lipinski definition) is 2. The summed E-state index contributed by atoms with van der Waals surface area (Å²) in [6.07, 6.45) is 6.00. The van der Waals surface area contributed by atoms with Crippen molar-refractivity contribution in [2.24, 2.45) is 0 Å². The minimum absolute atomic E-state index is 0.307. The fourth-order valence-electron chi connectivity index (χ4n) is 0.970. The Hall–Kier alpha value is -0.760. The molecule has 1 heterocycles. The largest absolute Gasteiger partial charge is 0.358 e. The summed E-state index contributed by atoms with van der Waals surface area (Å²) in [5.74, 6) is 0. The summed E-state index contributed by atoms with van der Waals surface area (Å²) in [6.45, 7) is 4.00. The Bertz CT molecular complexity index is 184. The summed E-state index contributed by atoms with van der Waals surface area (Å²) >= 11 is 0. The van der Waals surface area contributed by atoms with Crippen LogP contribution < -0.4 is 5.32 Å². The molecule has 56 valence electrons. The lowest BCUT2D eigenvalue weighted by Gasteiger charge is -2.29. The Kier molecular flexibility index (Phi) is 1.81. The second kappa shape index (κ2) is 2.46. The van der Waals surface area contributed by atoms with Gasteiger partial charge in [-0.1, -0.05) is 6.08 Å². The molecule has 1 aliphatic heterocycles. The van der Waals surface area contributed by atoms with Crippen molar-refractivity contribution in [1.82, 2.24) is 5.32 Å². The highest BCUT2D eigenvalue weighted by atomic mass is 16.5. The van der Waals surface area contributed by atoms with Gasteiger partial charge in [-0.05, 0) is 26.0 Å². The number of hydrogen-bond donors (Lipinski definition) is 1. The van der Waals surface area contributed by atoms with Gasteiger partial charge in [0.25, 0.3) is 0 Å². The van der Waals surface area contributed by atoms with Crippen LogP contribution in [0.15, 0.2) is 23.9 Å². The number of allylic oxidation sites excluding steroid dienone is 3. The lowest BCUT2D eigenvalue weighted by Crippen LogP contribution is -2.42. The molecule has 2 nitrogen and oxygen atoms in total. The van der Waals surface area contributed by atoms with Gasteiger partial charge in [0.1, 0.15) is 0 Å². The van der Waals surface area contributed by atoms with Crippen LogP contribution in [0.2, 0.25) is 0 Å². The highest BCUT2D eigenvalue weighted by molar-refractivity contribution is 5.20. The highest BCUT2D eigenvalue weighted by Gasteiger charge is 2.20. The van der Waals surface area contributed by atoms with Gasteiger partial charge in [-0.25, -0.2) is 0 Å². The summed E-state index contributed by atoms with van der Waals surface area (Å²) in [5.41, 5.74) is 0.825. The molecule has 0 amide bonds. The molecule has 0 aromatic carbocycles. The van der Waals surface area contributed by atoms with Crippen LogP contribution in [0.1, 0.15) is 13.8 Å². The smallest absolute Gasteiger partial charge is 0.154 e. The maximum atomic E-state index is 5.21. The third-order valence-electron chi connectivity index (χ3n) is 1.63. The van der Waals surface area contributed by atoms with Gasteiger partial charge in [-0.2, -0.15) is 0 Å². The van der Waals surface area contributed by atoms with E-state index in [-0.39, 0.29) is 5.72 Å². The van der Waals surface area contributed by atoms with Crippen molar-refractivity contribution in [2.75, 3.05) is 7.11 Å². The first kappa shape index (κ1) is 7.35. The van der Waals surface area contributed by atoms with Gasteiger partial charge in [0.15, 0.2) is 5.72 Å². The van der Waals surface area contributed by atoms with Crippen molar-refractivity contribution in [1.29, 1.82) is 0 Å². The summed E-state index contributed by atoms with van der Waals surface area (Å²) in [7, 11) is 1.69. The van der Waals surface area contributed by atoms with Gasteiger partial charge in [-0.15, -0.1) is 0 Å². The van der Waals surface area contributed by atoms with Crippen molar-refractivity contribution in [2.45, 2.75) is 19.6 Å². The molecule has 0 spiro atoms. The maximum absolute atomic E-state index is 5.21. The van der Waals surface area contributed by atoms with Gasteiger partial charge >= 0.3 is 0 Å². The van der Waals surface area contributed by atoms with Crippen LogP contribution in [-0.2, 0) is 4.74 Å². The van der Waals surface area contributed by atoms with Crippen LogP contribution in [0.25, 0.3) is 0 Å². The number of ether oxygens (including phenoxy) is 1. The van der Waals surface area contributed by atoms with Gasteiger partial charge in [-0.3, -0.25) is 0 Å². The average molecular weight is 139 g/mol. The number of methoxy groups -OCH3 is 1. The van der Waals surface area contributed by atoms with Crippen LogP contribution in [0.3, 0.4) is 0 Å². The first-order chi connectivity index (χ1) is 4.66. The second-order valence-corrected chi connectivity index (χ2v) is 2.64. The molecule has 0 bridgehead atoms. The molecule has 0 radical (unpaired) electrons. The van der Waals surface area contributed by atoms with E-state index in [1.165, 1.54) is 0 Å². The summed E-state index contributed by atoms with van der Waals surface area (Å²) < 4.78 is 5.21. The minimum atomic E-state index is -0.307. The van der Waals surface area contributed by atoms with Crippen LogP contribution >= 0.6 is 0 Å². The monoisotopic (exact) mass is 139 g/mol. The molecule has 2 heteroatoms. The van der Waals surface area contributed by atoms with Gasteiger partial charge in [0.05, 0.1) is 0 Å². The van der Waals surface area contributed by atoms with Gasteiger partial charge in [0.2, 0.25) is 0 Å². The summed E-state index contributed by atoms with van der Waals surface area (Å²) in [5, 5.41) is 3.19. The van der Waals surface area contributed by atoms with E-state index in [0.29, 0.717) is 0 Å². The molecule has 0 fully saturated rings. The van der Waals surface area contributed by atoms with E-state index in [4.69, 9.17) is 4.74 Å². The topological polar surface area (TPSA) is 21.3 Å². The Morgan fingerprint density at radius 3 is 2.70 bits per heavy atom. The molecule has 0 saturated carbocycles. The Labute approximate surface area is 61.6 Å². The molecule has 1 atom stereocenters. The van der Waals surface area contributed by atoms with Gasteiger partial charge < -0.3 is 10.1 Å². The zero-order chi connectivity index (χ0) is 7.61. The normalized spacial score (nSPS) is 31.3. The van der Waals surface area contributed by atoms with Crippen molar-refractivity contribution in [3.05, 3.63) is 23.9 Å². The van der Waals surface area contributed by atoms with Crippen molar-refractivity contribution < 1.29 is 4.74 Å². The molecule has 1 rings (SSSR count). The molecular weight excluding hydrogens is 126 g/mol. The Balaban J connectivity index is 2.71. The molecular formula is C8H13NO. The number of rotatable bonds is 1. The quantitative estimate of drug-likeness (QED) is 0.593. The van der Waals surface area contributed by atoms with E-state index in [0.717, 1.165) is 5.70 Å². The van der Waals surface area contributed by atoms with E-state index >= 15 is 0 Å². The minimum Gasteiger partial charge on any atom is -0.358 e. The van der Waals surface area contributed by atoms with E-state index < -0.39 is 0 Å². The van der Waals surface area contributed by atoms with Gasteiger partial charge in [0, 0.05) is 12.8 Å². The van der Waals surface area contributed by atoms with E-state index in [2.05, 4.69) is 5.32 Å². The van der Waals surface area contributed by atoms with Crippen molar-refractivity contribution >= 4 is 0 Å². The SMILES string of the molecule is COC1(C)C=CC=C(C)N1. The van der Waals surface area contributed by atoms with Crippen LogP contribution in [0.5, 0.6) is 0 Å².